The fraction of sp³-hybridized carbons (Fsp3) is 0.714. The molecule has 0 bridgehead atoms. The van der Waals surface area contributed by atoms with Gasteiger partial charge in [0.15, 0.2) is 0 Å². The van der Waals surface area contributed by atoms with Gasteiger partial charge in [0.05, 0.1) is 11.6 Å². The van der Waals surface area contributed by atoms with Crippen molar-refractivity contribution in [3.63, 3.8) is 0 Å². The van der Waals surface area contributed by atoms with Crippen LogP contribution < -0.4 is 0 Å². The molecule has 0 heterocycles. The van der Waals surface area contributed by atoms with E-state index in [1.165, 1.54) is 6.21 Å². The first kappa shape index (κ1) is 9.14. The van der Waals surface area contributed by atoms with Gasteiger partial charge < -0.3 is 5.21 Å². The van der Waals surface area contributed by atoms with E-state index in [0.717, 1.165) is 0 Å². The third-order valence-electron chi connectivity index (χ3n) is 1.42. The second-order valence-corrected chi connectivity index (χ2v) is 2.74. The number of oxime groups is 1. The molecule has 0 aliphatic carbocycles. The van der Waals surface area contributed by atoms with E-state index in [1.807, 2.05) is 0 Å². The van der Waals surface area contributed by atoms with E-state index in [1.54, 1.807) is 20.8 Å². The van der Waals surface area contributed by atoms with Crippen molar-refractivity contribution in [3.05, 3.63) is 0 Å². The summed E-state index contributed by atoms with van der Waals surface area (Å²) in [6.07, 6.45) is 1.72. The van der Waals surface area contributed by atoms with Gasteiger partial charge in [0.25, 0.3) is 0 Å². The Labute approximate surface area is 60.7 Å². The molecule has 0 amide bonds. The number of Topliss-reactive ketones (excluding diaryl/α,β-unsaturated/α-hetero) is 1. The molecule has 3 nitrogen and oxygen atoms in total. The van der Waals surface area contributed by atoms with Crippen molar-refractivity contribution in [3.8, 4) is 0 Å². The van der Waals surface area contributed by atoms with E-state index in [-0.39, 0.29) is 5.78 Å². The average molecular weight is 143 g/mol. The summed E-state index contributed by atoms with van der Waals surface area (Å²) in [6, 6.07) is 0. The molecule has 0 saturated carbocycles. The van der Waals surface area contributed by atoms with Gasteiger partial charge in [0.1, 0.15) is 5.78 Å². The minimum Gasteiger partial charge on any atom is -0.411 e. The van der Waals surface area contributed by atoms with Crippen LogP contribution in [0.4, 0.5) is 0 Å². The monoisotopic (exact) mass is 143 g/mol. The van der Waals surface area contributed by atoms with Crippen LogP contribution in [0.2, 0.25) is 0 Å². The van der Waals surface area contributed by atoms with Crippen LogP contribution in [-0.2, 0) is 4.79 Å². The lowest BCUT2D eigenvalue weighted by Gasteiger charge is -2.14. The van der Waals surface area contributed by atoms with E-state index < -0.39 is 5.41 Å². The first-order valence-corrected chi connectivity index (χ1v) is 3.26. The van der Waals surface area contributed by atoms with Crippen molar-refractivity contribution in [2.45, 2.75) is 27.2 Å². The number of carbonyl (C=O) groups is 1. The zero-order valence-corrected chi connectivity index (χ0v) is 6.59. The largest absolute Gasteiger partial charge is 0.411 e. The standard InChI is InChI=1S/C7H13NO2/c1-4-6(9)7(2,3)5-8-10/h5,10H,4H2,1-3H3. The highest BCUT2D eigenvalue weighted by atomic mass is 16.4. The van der Waals surface area contributed by atoms with E-state index in [0.29, 0.717) is 6.42 Å². The summed E-state index contributed by atoms with van der Waals surface area (Å²) in [5.41, 5.74) is -0.622. The van der Waals surface area contributed by atoms with Crippen molar-refractivity contribution in [1.29, 1.82) is 0 Å². The molecule has 0 rings (SSSR count). The van der Waals surface area contributed by atoms with Crippen LogP contribution in [0.25, 0.3) is 0 Å². The van der Waals surface area contributed by atoms with Crippen LogP contribution in [-0.4, -0.2) is 17.2 Å². The molecule has 0 atom stereocenters. The number of rotatable bonds is 3. The maximum absolute atomic E-state index is 11.0. The third-order valence-corrected chi connectivity index (χ3v) is 1.42. The molecular weight excluding hydrogens is 130 g/mol. The van der Waals surface area contributed by atoms with Gasteiger partial charge in [-0.2, -0.15) is 0 Å². The van der Waals surface area contributed by atoms with Crippen molar-refractivity contribution < 1.29 is 10.0 Å². The maximum atomic E-state index is 11.0. The Morgan fingerprint density at radius 1 is 1.70 bits per heavy atom. The minimum atomic E-state index is -0.622. The molecule has 0 aromatic heterocycles. The van der Waals surface area contributed by atoms with E-state index in [2.05, 4.69) is 5.16 Å². The van der Waals surface area contributed by atoms with Crippen LogP contribution in [0, 0.1) is 5.41 Å². The summed E-state index contributed by atoms with van der Waals surface area (Å²) >= 11 is 0. The molecule has 58 valence electrons. The number of hydrogen-bond acceptors (Lipinski definition) is 3. The molecule has 0 aliphatic heterocycles. The second-order valence-electron chi connectivity index (χ2n) is 2.74. The molecular formula is C7H13NO2. The summed E-state index contributed by atoms with van der Waals surface area (Å²) in [5.74, 6) is 0.0744. The van der Waals surface area contributed by atoms with Gasteiger partial charge in [0, 0.05) is 6.42 Å². The molecule has 0 spiro atoms. The summed E-state index contributed by atoms with van der Waals surface area (Å²) in [4.78, 5) is 11.0. The van der Waals surface area contributed by atoms with Gasteiger partial charge in [-0.15, -0.1) is 5.16 Å². The number of ketones is 1. The minimum absolute atomic E-state index is 0.0744. The summed E-state index contributed by atoms with van der Waals surface area (Å²) in [6.45, 7) is 5.23. The topological polar surface area (TPSA) is 49.7 Å². The predicted octanol–water partition coefficient (Wildman–Crippen LogP) is 1.45. The molecule has 3 heteroatoms. The number of carbonyl (C=O) groups excluding carboxylic acids is 1. The Balaban J connectivity index is 4.24. The zero-order chi connectivity index (χ0) is 8.20. The van der Waals surface area contributed by atoms with Gasteiger partial charge in [0.2, 0.25) is 0 Å². The lowest BCUT2D eigenvalue weighted by Crippen LogP contribution is -2.24. The lowest BCUT2D eigenvalue weighted by atomic mass is 9.88. The van der Waals surface area contributed by atoms with Gasteiger partial charge >= 0.3 is 0 Å². The van der Waals surface area contributed by atoms with Crippen molar-refractivity contribution in [2.75, 3.05) is 0 Å². The van der Waals surface area contributed by atoms with Gasteiger partial charge in [-0.05, 0) is 13.8 Å². The molecule has 10 heavy (non-hydrogen) atoms. The highest BCUT2D eigenvalue weighted by Gasteiger charge is 2.23. The van der Waals surface area contributed by atoms with Gasteiger partial charge in [-0.25, -0.2) is 0 Å². The third kappa shape index (κ3) is 2.17. The van der Waals surface area contributed by atoms with Crippen LogP contribution in [0.1, 0.15) is 27.2 Å². The highest BCUT2D eigenvalue weighted by molar-refractivity contribution is 5.98. The van der Waals surface area contributed by atoms with Crippen LogP contribution >= 0.6 is 0 Å². The summed E-state index contributed by atoms with van der Waals surface area (Å²) in [7, 11) is 0. The molecule has 0 aliphatic rings. The second kappa shape index (κ2) is 3.34. The Morgan fingerprint density at radius 3 is 2.50 bits per heavy atom. The SMILES string of the molecule is CCC(=O)C(C)(C)C=NO. The fourth-order valence-electron chi connectivity index (χ4n) is 0.672. The van der Waals surface area contributed by atoms with E-state index in [9.17, 15) is 4.79 Å². The number of nitrogens with zero attached hydrogens (tertiary/aromatic N) is 1. The van der Waals surface area contributed by atoms with E-state index in [4.69, 9.17) is 5.21 Å². The molecule has 0 fully saturated rings. The molecule has 1 N–H and O–H groups in total. The maximum Gasteiger partial charge on any atom is 0.143 e. The molecule has 0 aromatic carbocycles. The van der Waals surface area contributed by atoms with E-state index >= 15 is 0 Å². The highest BCUT2D eigenvalue weighted by Crippen LogP contribution is 2.14. The predicted molar refractivity (Wildman–Crippen MR) is 39.4 cm³/mol. The van der Waals surface area contributed by atoms with Crippen LogP contribution in [0.5, 0.6) is 0 Å². The Bertz CT molecular complexity index is 150. The summed E-state index contributed by atoms with van der Waals surface area (Å²) in [5, 5.41) is 11.0. The first-order valence-electron chi connectivity index (χ1n) is 3.26. The Morgan fingerprint density at radius 2 is 2.20 bits per heavy atom. The first-order chi connectivity index (χ1) is 4.54. The zero-order valence-electron chi connectivity index (χ0n) is 6.59. The quantitative estimate of drug-likeness (QED) is 0.369. The lowest BCUT2D eigenvalue weighted by molar-refractivity contribution is -0.123. The normalized spacial score (nSPS) is 12.3. The van der Waals surface area contributed by atoms with Crippen LogP contribution in [0.3, 0.4) is 0 Å². The molecule has 0 saturated heterocycles. The fourth-order valence-corrected chi connectivity index (χ4v) is 0.672. The molecule has 0 unspecified atom stereocenters. The average Bonchev–Trinajstić information content (AvgIpc) is 1.86. The van der Waals surface area contributed by atoms with Crippen molar-refractivity contribution >= 4 is 12.0 Å². The Hall–Kier alpha value is -0.860. The molecule has 0 aromatic rings. The smallest absolute Gasteiger partial charge is 0.143 e. The van der Waals surface area contributed by atoms with Crippen molar-refractivity contribution in [1.82, 2.24) is 0 Å². The van der Waals surface area contributed by atoms with Gasteiger partial charge in [-0.1, -0.05) is 6.92 Å². The molecule has 0 radical (unpaired) electrons. The van der Waals surface area contributed by atoms with Crippen molar-refractivity contribution in [2.24, 2.45) is 10.6 Å². The van der Waals surface area contributed by atoms with Gasteiger partial charge in [-0.3, -0.25) is 4.79 Å². The summed E-state index contributed by atoms with van der Waals surface area (Å²) < 4.78 is 0. The number of hydrogen-bond donors (Lipinski definition) is 1. The van der Waals surface area contributed by atoms with Crippen LogP contribution in [0.15, 0.2) is 5.16 Å². The Kier molecular flexibility index (Phi) is 3.06.